The van der Waals surface area contributed by atoms with Gasteiger partial charge >= 0.3 is 0 Å². The van der Waals surface area contributed by atoms with Crippen molar-refractivity contribution < 1.29 is 17.2 Å². The van der Waals surface area contributed by atoms with E-state index in [-0.39, 0.29) is 16.4 Å². The molecule has 0 aliphatic carbocycles. The summed E-state index contributed by atoms with van der Waals surface area (Å²) in [6.45, 7) is 3.17. The molecule has 0 atom stereocenters. The maximum Gasteiger partial charge on any atom is 0.266 e. The molecule has 0 aliphatic heterocycles. The number of pyridine rings is 1. The molecule has 7 nitrogen and oxygen atoms in total. The van der Waals surface area contributed by atoms with Crippen LogP contribution in [0.3, 0.4) is 0 Å². The van der Waals surface area contributed by atoms with Crippen molar-refractivity contribution in [2.24, 2.45) is 0 Å². The number of nitrogens with one attached hydrogen (secondary N) is 3. The number of nitrogens with zero attached hydrogens (tertiary/aromatic N) is 2. The average molecular weight is 379 g/mol. The largest absolute Gasteiger partial charge is 0.349 e. The third kappa shape index (κ3) is 3.49. The topological polar surface area (TPSA) is 99.8 Å². The SMILES string of the molecule is Cc1n[nH]c(C)c1S(=O)(=O)Nc1ccc(Nc2c(F)cccc2F)cn1. The van der Waals surface area contributed by atoms with Crippen molar-refractivity contribution in [3.63, 3.8) is 0 Å². The van der Waals surface area contributed by atoms with Gasteiger partial charge in [0.05, 0.1) is 23.3 Å². The summed E-state index contributed by atoms with van der Waals surface area (Å²) in [6, 6.07) is 6.33. The van der Waals surface area contributed by atoms with E-state index in [2.05, 4.69) is 25.2 Å². The van der Waals surface area contributed by atoms with Crippen molar-refractivity contribution in [2.75, 3.05) is 10.0 Å². The molecule has 0 fully saturated rings. The molecule has 2 heterocycles. The normalized spacial score (nSPS) is 11.4. The van der Waals surface area contributed by atoms with Gasteiger partial charge in [-0.2, -0.15) is 5.10 Å². The van der Waals surface area contributed by atoms with E-state index in [1.54, 1.807) is 13.8 Å². The first-order valence-corrected chi connectivity index (χ1v) is 8.98. The third-order valence-corrected chi connectivity index (χ3v) is 5.18. The van der Waals surface area contributed by atoms with Gasteiger partial charge in [0.1, 0.15) is 28.0 Å². The molecule has 3 N–H and O–H groups in total. The van der Waals surface area contributed by atoms with E-state index in [4.69, 9.17) is 0 Å². The molecular weight excluding hydrogens is 364 g/mol. The Balaban J connectivity index is 1.80. The Kier molecular flexibility index (Phi) is 4.60. The summed E-state index contributed by atoms with van der Waals surface area (Å²) in [6.07, 6.45) is 1.26. The third-order valence-electron chi connectivity index (χ3n) is 3.56. The highest BCUT2D eigenvalue weighted by Gasteiger charge is 2.22. The second kappa shape index (κ2) is 6.71. The first-order valence-electron chi connectivity index (χ1n) is 7.49. The molecule has 1 aromatic carbocycles. The molecule has 0 bridgehead atoms. The van der Waals surface area contributed by atoms with Gasteiger partial charge in [0.15, 0.2) is 0 Å². The van der Waals surface area contributed by atoms with Gasteiger partial charge in [-0.3, -0.25) is 9.82 Å². The lowest BCUT2D eigenvalue weighted by Crippen LogP contribution is -2.15. The summed E-state index contributed by atoms with van der Waals surface area (Å²) in [7, 11) is -3.86. The van der Waals surface area contributed by atoms with Gasteiger partial charge in [0.2, 0.25) is 0 Å². The summed E-state index contributed by atoms with van der Waals surface area (Å²) in [4.78, 5) is 4.01. The minimum Gasteiger partial charge on any atom is -0.349 e. The Labute approximate surface area is 148 Å². The van der Waals surface area contributed by atoms with Crippen LogP contribution >= 0.6 is 0 Å². The Hall–Kier alpha value is -3.01. The monoisotopic (exact) mass is 379 g/mol. The van der Waals surface area contributed by atoms with Gasteiger partial charge in [-0.1, -0.05) is 6.07 Å². The van der Waals surface area contributed by atoms with Gasteiger partial charge in [-0.25, -0.2) is 22.2 Å². The Bertz CT molecular complexity index is 1010. The standard InChI is InChI=1S/C16H15F2N5O2S/c1-9-16(10(2)22-21-9)26(24,25)23-14-7-6-11(8-19-14)20-15-12(17)4-3-5-13(15)18/h3-8,20H,1-2H3,(H,19,23)(H,21,22). The predicted octanol–water partition coefficient (Wildman–Crippen LogP) is 3.24. The zero-order valence-electron chi connectivity index (χ0n) is 13.8. The molecule has 0 spiro atoms. The fourth-order valence-corrected chi connectivity index (χ4v) is 3.80. The highest BCUT2D eigenvalue weighted by molar-refractivity contribution is 7.92. The lowest BCUT2D eigenvalue weighted by Gasteiger charge is -2.10. The van der Waals surface area contributed by atoms with Crippen LogP contribution in [0, 0.1) is 25.5 Å². The van der Waals surface area contributed by atoms with Crippen LogP contribution in [0.4, 0.5) is 26.0 Å². The second-order valence-corrected chi connectivity index (χ2v) is 7.14. The molecule has 2 aromatic heterocycles. The van der Waals surface area contributed by atoms with E-state index in [0.29, 0.717) is 17.1 Å². The molecule has 10 heteroatoms. The van der Waals surface area contributed by atoms with Crippen molar-refractivity contribution >= 4 is 27.2 Å². The smallest absolute Gasteiger partial charge is 0.266 e. The number of aromatic amines is 1. The minimum atomic E-state index is -3.86. The van der Waals surface area contributed by atoms with Crippen LogP contribution in [0.2, 0.25) is 0 Å². The Morgan fingerprint density at radius 2 is 1.77 bits per heavy atom. The maximum absolute atomic E-state index is 13.6. The molecule has 26 heavy (non-hydrogen) atoms. The Morgan fingerprint density at radius 1 is 1.08 bits per heavy atom. The quantitative estimate of drug-likeness (QED) is 0.632. The van der Waals surface area contributed by atoms with E-state index in [9.17, 15) is 17.2 Å². The number of aryl methyl sites for hydroxylation is 2. The molecule has 0 saturated carbocycles. The summed E-state index contributed by atoms with van der Waals surface area (Å²) in [5.41, 5.74) is 0.728. The number of H-pyrrole nitrogens is 1. The van der Waals surface area contributed by atoms with Crippen molar-refractivity contribution in [2.45, 2.75) is 18.7 Å². The zero-order valence-corrected chi connectivity index (χ0v) is 14.7. The van der Waals surface area contributed by atoms with E-state index in [0.717, 1.165) is 12.1 Å². The number of rotatable bonds is 5. The highest BCUT2D eigenvalue weighted by Crippen LogP contribution is 2.24. The van der Waals surface area contributed by atoms with Crippen LogP contribution in [-0.2, 0) is 10.0 Å². The highest BCUT2D eigenvalue weighted by atomic mass is 32.2. The summed E-state index contributed by atoms with van der Waals surface area (Å²) in [5.74, 6) is -1.44. The average Bonchev–Trinajstić information content (AvgIpc) is 2.92. The van der Waals surface area contributed by atoms with Crippen molar-refractivity contribution in [3.05, 3.63) is 59.6 Å². The van der Waals surface area contributed by atoms with Crippen molar-refractivity contribution in [1.29, 1.82) is 0 Å². The molecule has 136 valence electrons. The van der Waals surface area contributed by atoms with Crippen molar-refractivity contribution in [3.8, 4) is 0 Å². The minimum absolute atomic E-state index is 0.0509. The van der Waals surface area contributed by atoms with Gasteiger partial charge < -0.3 is 5.32 Å². The number of aromatic nitrogens is 3. The number of hydrogen-bond acceptors (Lipinski definition) is 5. The van der Waals surface area contributed by atoms with Crippen molar-refractivity contribution in [1.82, 2.24) is 15.2 Å². The molecule has 0 saturated heterocycles. The van der Waals surface area contributed by atoms with Crippen LogP contribution in [0.1, 0.15) is 11.4 Å². The Morgan fingerprint density at radius 3 is 2.31 bits per heavy atom. The van der Waals surface area contributed by atoms with Crippen LogP contribution in [0.5, 0.6) is 0 Å². The second-order valence-electron chi connectivity index (χ2n) is 5.52. The van der Waals surface area contributed by atoms with E-state index in [1.165, 1.54) is 24.4 Å². The fourth-order valence-electron chi connectivity index (χ4n) is 2.42. The van der Waals surface area contributed by atoms with Gasteiger partial charge in [0.25, 0.3) is 10.0 Å². The van der Waals surface area contributed by atoms with Crippen LogP contribution < -0.4 is 10.0 Å². The number of benzene rings is 1. The maximum atomic E-state index is 13.6. The zero-order chi connectivity index (χ0) is 18.9. The predicted molar refractivity (Wildman–Crippen MR) is 92.7 cm³/mol. The summed E-state index contributed by atoms with van der Waals surface area (Å²) < 4.78 is 54.5. The molecule has 0 aliphatic rings. The van der Waals surface area contributed by atoms with Gasteiger partial charge in [-0.15, -0.1) is 0 Å². The lowest BCUT2D eigenvalue weighted by atomic mass is 10.2. The lowest BCUT2D eigenvalue weighted by molar-refractivity contribution is 0.590. The number of hydrogen-bond donors (Lipinski definition) is 3. The number of halogens is 2. The molecule has 0 unspecified atom stereocenters. The molecule has 0 amide bonds. The van der Waals surface area contributed by atoms with Crippen LogP contribution in [0.25, 0.3) is 0 Å². The molecule has 3 rings (SSSR count). The van der Waals surface area contributed by atoms with E-state index < -0.39 is 21.7 Å². The van der Waals surface area contributed by atoms with E-state index in [1.807, 2.05) is 0 Å². The van der Waals surface area contributed by atoms with Gasteiger partial charge in [-0.05, 0) is 38.1 Å². The molecular formula is C16H15F2N5O2S. The van der Waals surface area contributed by atoms with Gasteiger partial charge in [0, 0.05) is 0 Å². The van der Waals surface area contributed by atoms with Crippen LogP contribution in [0.15, 0.2) is 41.4 Å². The molecule has 0 radical (unpaired) electrons. The summed E-state index contributed by atoms with van der Waals surface area (Å²) in [5, 5.41) is 9.03. The first kappa shape index (κ1) is 17.8. The first-order chi connectivity index (χ1) is 12.3. The van der Waals surface area contributed by atoms with Crippen LogP contribution in [-0.4, -0.2) is 23.6 Å². The number of sulfonamides is 1. The summed E-state index contributed by atoms with van der Waals surface area (Å²) >= 11 is 0. The van der Waals surface area contributed by atoms with E-state index >= 15 is 0 Å². The fraction of sp³-hybridized carbons (Fsp3) is 0.125. The number of para-hydroxylation sites is 1. The number of anilines is 3. The molecule has 3 aromatic rings.